The van der Waals surface area contributed by atoms with Crippen molar-refractivity contribution in [2.45, 2.75) is 19.4 Å². The van der Waals surface area contributed by atoms with Crippen molar-refractivity contribution in [3.8, 4) is 11.3 Å². The van der Waals surface area contributed by atoms with Gasteiger partial charge < -0.3 is 10.1 Å². The number of carbonyl (C=O) groups is 1. The third-order valence-electron chi connectivity index (χ3n) is 3.56. The smallest absolute Gasteiger partial charge is 0.220 e. The number of aromatic nitrogens is 1. The van der Waals surface area contributed by atoms with E-state index in [0.717, 1.165) is 29.3 Å². The Kier molecular flexibility index (Phi) is 4.62. The molecule has 0 unspecified atom stereocenters. The van der Waals surface area contributed by atoms with Gasteiger partial charge in [0.1, 0.15) is 5.01 Å². The number of benzene rings is 1. The third kappa shape index (κ3) is 3.89. The highest BCUT2D eigenvalue weighted by molar-refractivity contribution is 7.09. The van der Waals surface area contributed by atoms with Gasteiger partial charge in [-0.2, -0.15) is 0 Å². The van der Waals surface area contributed by atoms with E-state index in [1.165, 1.54) is 0 Å². The van der Waals surface area contributed by atoms with E-state index in [2.05, 4.69) is 10.3 Å². The normalized spacial score (nSPS) is 17.8. The van der Waals surface area contributed by atoms with Gasteiger partial charge in [-0.3, -0.25) is 4.79 Å². The summed E-state index contributed by atoms with van der Waals surface area (Å²) < 4.78 is 5.28. The van der Waals surface area contributed by atoms with Crippen molar-refractivity contribution in [1.82, 2.24) is 10.3 Å². The quantitative estimate of drug-likeness (QED) is 0.924. The van der Waals surface area contributed by atoms with Crippen LogP contribution in [-0.2, 0) is 16.1 Å². The Morgan fingerprint density at radius 2 is 2.24 bits per heavy atom. The van der Waals surface area contributed by atoms with E-state index in [1.54, 1.807) is 11.3 Å². The number of thiazole rings is 1. The first-order valence-electron chi connectivity index (χ1n) is 7.15. The van der Waals surface area contributed by atoms with E-state index < -0.39 is 0 Å². The molecule has 1 aliphatic rings. The molecule has 1 aliphatic heterocycles. The van der Waals surface area contributed by atoms with E-state index in [9.17, 15) is 4.79 Å². The first kappa shape index (κ1) is 14.2. The zero-order valence-electron chi connectivity index (χ0n) is 11.7. The van der Waals surface area contributed by atoms with Gasteiger partial charge in [-0.15, -0.1) is 11.3 Å². The Labute approximate surface area is 128 Å². The molecule has 0 saturated carbocycles. The predicted molar refractivity (Wildman–Crippen MR) is 82.9 cm³/mol. The maximum atomic E-state index is 11.9. The first-order chi connectivity index (χ1) is 10.3. The van der Waals surface area contributed by atoms with Crippen molar-refractivity contribution in [1.29, 1.82) is 0 Å². The van der Waals surface area contributed by atoms with Gasteiger partial charge in [-0.25, -0.2) is 4.98 Å². The standard InChI is InChI=1S/C16H18N2O2S/c19-15(8-12-6-7-20-10-12)17-9-16-18-14(11-21-16)13-4-2-1-3-5-13/h1-5,11-12H,6-10H2,(H,17,19)/t12-/m0/s1. The number of nitrogens with one attached hydrogen (secondary N) is 1. The number of amides is 1. The molecule has 1 aromatic heterocycles. The first-order valence-corrected chi connectivity index (χ1v) is 8.03. The molecule has 0 radical (unpaired) electrons. The summed E-state index contributed by atoms with van der Waals surface area (Å²) in [6, 6.07) is 10.1. The van der Waals surface area contributed by atoms with Gasteiger partial charge in [0, 0.05) is 30.6 Å². The maximum absolute atomic E-state index is 11.9. The van der Waals surface area contributed by atoms with E-state index >= 15 is 0 Å². The van der Waals surface area contributed by atoms with Gasteiger partial charge in [0.2, 0.25) is 5.91 Å². The topological polar surface area (TPSA) is 51.2 Å². The van der Waals surface area contributed by atoms with Crippen LogP contribution in [0.5, 0.6) is 0 Å². The molecule has 2 heterocycles. The molecule has 1 amide bonds. The number of carbonyl (C=O) groups excluding carboxylic acids is 1. The molecule has 1 fully saturated rings. The van der Waals surface area contributed by atoms with Gasteiger partial charge in [-0.1, -0.05) is 30.3 Å². The minimum absolute atomic E-state index is 0.0851. The molecule has 1 atom stereocenters. The molecule has 4 nitrogen and oxygen atoms in total. The fourth-order valence-corrected chi connectivity index (χ4v) is 3.13. The SMILES string of the molecule is O=C(C[C@@H]1CCOC1)NCc1nc(-c2ccccc2)cs1. The van der Waals surface area contributed by atoms with Crippen molar-refractivity contribution >= 4 is 17.2 Å². The lowest BCUT2D eigenvalue weighted by Gasteiger charge is -2.07. The van der Waals surface area contributed by atoms with Crippen LogP contribution in [0.25, 0.3) is 11.3 Å². The van der Waals surface area contributed by atoms with Crippen LogP contribution in [0.2, 0.25) is 0 Å². The highest BCUT2D eigenvalue weighted by Crippen LogP contribution is 2.21. The second-order valence-electron chi connectivity index (χ2n) is 5.20. The molecular weight excluding hydrogens is 284 g/mol. The summed E-state index contributed by atoms with van der Waals surface area (Å²) in [5.74, 6) is 0.461. The predicted octanol–water partition coefficient (Wildman–Crippen LogP) is 2.85. The van der Waals surface area contributed by atoms with Gasteiger partial charge in [0.15, 0.2) is 0 Å². The largest absolute Gasteiger partial charge is 0.381 e. The Bertz CT molecular complexity index is 591. The molecule has 1 N–H and O–H groups in total. The highest BCUT2D eigenvalue weighted by atomic mass is 32.1. The van der Waals surface area contributed by atoms with Crippen LogP contribution < -0.4 is 5.32 Å². The summed E-state index contributed by atoms with van der Waals surface area (Å²) in [7, 11) is 0. The van der Waals surface area contributed by atoms with Gasteiger partial charge >= 0.3 is 0 Å². The Balaban J connectivity index is 1.51. The average molecular weight is 302 g/mol. The van der Waals surface area contributed by atoms with Crippen LogP contribution in [0.4, 0.5) is 0 Å². The Hall–Kier alpha value is -1.72. The summed E-state index contributed by atoms with van der Waals surface area (Å²) in [4.78, 5) is 16.4. The van der Waals surface area contributed by atoms with E-state index in [1.807, 2.05) is 35.7 Å². The van der Waals surface area contributed by atoms with Crippen molar-refractivity contribution < 1.29 is 9.53 Å². The minimum Gasteiger partial charge on any atom is -0.381 e. The van der Waals surface area contributed by atoms with Crippen LogP contribution in [-0.4, -0.2) is 24.1 Å². The summed E-state index contributed by atoms with van der Waals surface area (Å²) in [5, 5.41) is 5.91. The number of hydrogen-bond donors (Lipinski definition) is 1. The fourth-order valence-electron chi connectivity index (χ4n) is 2.39. The Morgan fingerprint density at radius 1 is 1.38 bits per heavy atom. The van der Waals surface area contributed by atoms with Crippen molar-refractivity contribution in [3.63, 3.8) is 0 Å². The molecule has 0 bridgehead atoms. The van der Waals surface area contributed by atoms with E-state index in [0.29, 0.717) is 25.5 Å². The lowest BCUT2D eigenvalue weighted by Crippen LogP contribution is -2.25. The summed E-state index contributed by atoms with van der Waals surface area (Å²) in [5.41, 5.74) is 2.07. The molecule has 5 heteroatoms. The van der Waals surface area contributed by atoms with Gasteiger partial charge in [0.25, 0.3) is 0 Å². The number of ether oxygens (including phenoxy) is 1. The number of hydrogen-bond acceptors (Lipinski definition) is 4. The van der Waals surface area contributed by atoms with Gasteiger partial charge in [0.05, 0.1) is 12.2 Å². The number of rotatable bonds is 5. The second kappa shape index (κ2) is 6.83. The molecule has 1 saturated heterocycles. The number of nitrogens with zero attached hydrogens (tertiary/aromatic N) is 1. The van der Waals surface area contributed by atoms with Crippen LogP contribution in [0, 0.1) is 5.92 Å². The zero-order valence-corrected chi connectivity index (χ0v) is 12.6. The Morgan fingerprint density at radius 3 is 3.00 bits per heavy atom. The van der Waals surface area contributed by atoms with Gasteiger partial charge in [-0.05, 0) is 12.3 Å². The monoisotopic (exact) mass is 302 g/mol. The highest BCUT2D eigenvalue weighted by Gasteiger charge is 2.19. The summed E-state index contributed by atoms with van der Waals surface area (Å²) in [6.45, 7) is 2.00. The summed E-state index contributed by atoms with van der Waals surface area (Å²) >= 11 is 1.58. The zero-order chi connectivity index (χ0) is 14.5. The lowest BCUT2D eigenvalue weighted by atomic mass is 10.1. The average Bonchev–Trinajstić information content (AvgIpc) is 3.17. The molecular formula is C16H18N2O2S. The van der Waals surface area contributed by atoms with Crippen LogP contribution in [0.3, 0.4) is 0 Å². The second-order valence-corrected chi connectivity index (χ2v) is 6.15. The molecule has 21 heavy (non-hydrogen) atoms. The van der Waals surface area contributed by atoms with Crippen molar-refractivity contribution in [3.05, 3.63) is 40.7 Å². The van der Waals surface area contributed by atoms with E-state index in [4.69, 9.17) is 4.74 Å². The van der Waals surface area contributed by atoms with Crippen LogP contribution in [0.15, 0.2) is 35.7 Å². The summed E-state index contributed by atoms with van der Waals surface area (Å²) in [6.07, 6.45) is 1.54. The molecule has 3 rings (SSSR count). The molecule has 2 aromatic rings. The molecule has 0 spiro atoms. The molecule has 0 aliphatic carbocycles. The van der Waals surface area contributed by atoms with Crippen molar-refractivity contribution in [2.24, 2.45) is 5.92 Å². The lowest BCUT2D eigenvalue weighted by molar-refractivity contribution is -0.122. The van der Waals surface area contributed by atoms with Crippen molar-refractivity contribution in [2.75, 3.05) is 13.2 Å². The molecule has 110 valence electrons. The third-order valence-corrected chi connectivity index (χ3v) is 4.40. The molecule has 1 aromatic carbocycles. The van der Waals surface area contributed by atoms with Crippen LogP contribution >= 0.6 is 11.3 Å². The van der Waals surface area contributed by atoms with E-state index in [-0.39, 0.29) is 5.91 Å². The van der Waals surface area contributed by atoms with Crippen LogP contribution in [0.1, 0.15) is 17.8 Å². The maximum Gasteiger partial charge on any atom is 0.220 e. The fraction of sp³-hybridized carbons (Fsp3) is 0.375. The minimum atomic E-state index is 0.0851.